The van der Waals surface area contributed by atoms with E-state index in [0.29, 0.717) is 0 Å². The van der Waals surface area contributed by atoms with Crippen molar-refractivity contribution in [3.05, 3.63) is 17.5 Å². The van der Waals surface area contributed by atoms with Gasteiger partial charge in [-0.2, -0.15) is 0 Å². The van der Waals surface area contributed by atoms with Gasteiger partial charge in [-0.3, -0.25) is 4.79 Å². The molecule has 0 aromatic carbocycles. The van der Waals surface area contributed by atoms with E-state index >= 15 is 0 Å². The average molecular weight is 219 g/mol. The largest absolute Gasteiger partial charge is 0.299 e. The summed E-state index contributed by atoms with van der Waals surface area (Å²) in [6, 6.07) is 3.14. The molecule has 13 heavy (non-hydrogen) atoms. The van der Waals surface area contributed by atoms with Crippen LogP contribution in [0.1, 0.15) is 6.92 Å². The van der Waals surface area contributed by atoms with E-state index in [9.17, 15) is 13.2 Å². The fourth-order valence-corrected chi connectivity index (χ4v) is 2.78. The SMILES string of the molecule is CC(=O)CNS(=O)(=O)c1cccs1. The predicted octanol–water partition coefficient (Wildman–Crippen LogP) is 0.615. The Morgan fingerprint density at radius 3 is 2.77 bits per heavy atom. The maximum absolute atomic E-state index is 11.3. The van der Waals surface area contributed by atoms with Gasteiger partial charge in [0.2, 0.25) is 10.0 Å². The van der Waals surface area contributed by atoms with Crippen molar-refractivity contribution in [1.82, 2.24) is 4.72 Å². The Labute approximate surface area is 80.6 Å². The van der Waals surface area contributed by atoms with Gasteiger partial charge in [0.25, 0.3) is 0 Å². The van der Waals surface area contributed by atoms with Gasteiger partial charge >= 0.3 is 0 Å². The maximum atomic E-state index is 11.3. The van der Waals surface area contributed by atoms with E-state index in [2.05, 4.69) is 4.72 Å². The van der Waals surface area contributed by atoms with Crippen molar-refractivity contribution in [1.29, 1.82) is 0 Å². The van der Waals surface area contributed by atoms with Gasteiger partial charge in [-0.05, 0) is 18.4 Å². The first-order valence-electron chi connectivity index (χ1n) is 3.55. The first-order chi connectivity index (χ1) is 6.02. The fraction of sp³-hybridized carbons (Fsp3) is 0.286. The Morgan fingerprint density at radius 2 is 2.31 bits per heavy atom. The molecule has 0 aliphatic carbocycles. The summed E-state index contributed by atoms with van der Waals surface area (Å²) < 4.78 is 25.1. The molecule has 0 aliphatic rings. The molecule has 1 rings (SSSR count). The highest BCUT2D eigenvalue weighted by Gasteiger charge is 2.14. The molecule has 0 amide bonds. The highest BCUT2D eigenvalue weighted by molar-refractivity contribution is 7.91. The van der Waals surface area contributed by atoms with Gasteiger partial charge in [0, 0.05) is 0 Å². The van der Waals surface area contributed by atoms with E-state index < -0.39 is 10.0 Å². The number of carbonyl (C=O) groups is 1. The second-order valence-electron chi connectivity index (χ2n) is 2.46. The average Bonchev–Trinajstić information content (AvgIpc) is 2.53. The standard InChI is InChI=1S/C7H9NO3S2/c1-6(9)5-8-13(10,11)7-3-2-4-12-7/h2-4,8H,5H2,1H3. The first-order valence-corrected chi connectivity index (χ1v) is 5.91. The molecule has 72 valence electrons. The lowest BCUT2D eigenvalue weighted by atomic mass is 10.5. The minimum Gasteiger partial charge on any atom is -0.299 e. The van der Waals surface area contributed by atoms with Gasteiger partial charge in [0.15, 0.2) is 0 Å². The molecule has 0 radical (unpaired) electrons. The molecule has 0 saturated carbocycles. The van der Waals surface area contributed by atoms with Crippen molar-refractivity contribution >= 4 is 27.1 Å². The zero-order chi connectivity index (χ0) is 9.90. The molecule has 6 heteroatoms. The van der Waals surface area contributed by atoms with Crippen LogP contribution in [0.4, 0.5) is 0 Å². The molecule has 1 N–H and O–H groups in total. The highest BCUT2D eigenvalue weighted by Crippen LogP contribution is 2.14. The minimum absolute atomic E-state index is 0.153. The van der Waals surface area contributed by atoms with Gasteiger partial charge in [-0.25, -0.2) is 13.1 Å². The molecule has 0 aliphatic heterocycles. The zero-order valence-electron chi connectivity index (χ0n) is 6.98. The molecule has 1 aromatic rings. The van der Waals surface area contributed by atoms with Gasteiger partial charge < -0.3 is 0 Å². The van der Waals surface area contributed by atoms with Gasteiger partial charge in [0.05, 0.1) is 6.54 Å². The van der Waals surface area contributed by atoms with Crippen LogP contribution in [0.3, 0.4) is 0 Å². The van der Waals surface area contributed by atoms with E-state index in [1.807, 2.05) is 0 Å². The summed E-state index contributed by atoms with van der Waals surface area (Å²) in [5.41, 5.74) is 0. The molecule has 0 atom stereocenters. The summed E-state index contributed by atoms with van der Waals surface area (Å²) in [5.74, 6) is -0.208. The van der Waals surface area contributed by atoms with Crippen LogP contribution in [0.2, 0.25) is 0 Å². The molecule has 1 heterocycles. The predicted molar refractivity (Wildman–Crippen MR) is 50.2 cm³/mol. The van der Waals surface area contributed by atoms with Crippen molar-refractivity contribution in [2.45, 2.75) is 11.1 Å². The van der Waals surface area contributed by atoms with Crippen LogP contribution >= 0.6 is 11.3 Å². The summed E-state index contributed by atoms with van der Waals surface area (Å²) in [6.07, 6.45) is 0. The number of Topliss-reactive ketones (excluding diaryl/α,β-unsaturated/α-hetero) is 1. The number of hydrogen-bond donors (Lipinski definition) is 1. The van der Waals surface area contributed by atoms with Crippen LogP contribution in [-0.4, -0.2) is 20.7 Å². The summed E-state index contributed by atoms with van der Waals surface area (Å²) >= 11 is 1.12. The lowest BCUT2D eigenvalue weighted by Gasteiger charge is -2.00. The Morgan fingerprint density at radius 1 is 1.62 bits per heavy atom. The topological polar surface area (TPSA) is 63.2 Å². The smallest absolute Gasteiger partial charge is 0.250 e. The van der Waals surface area contributed by atoms with Crippen LogP contribution in [0, 0.1) is 0 Å². The minimum atomic E-state index is -3.46. The van der Waals surface area contributed by atoms with Gasteiger partial charge in [-0.1, -0.05) is 6.07 Å². The third-order valence-electron chi connectivity index (χ3n) is 1.27. The van der Waals surface area contributed by atoms with Crippen LogP contribution in [0.15, 0.2) is 21.7 Å². The van der Waals surface area contributed by atoms with E-state index in [1.165, 1.54) is 13.0 Å². The zero-order valence-corrected chi connectivity index (χ0v) is 8.61. The molecule has 1 aromatic heterocycles. The first kappa shape index (κ1) is 10.4. The van der Waals surface area contributed by atoms with Crippen molar-refractivity contribution in [2.24, 2.45) is 0 Å². The molecular formula is C7H9NO3S2. The Kier molecular flexibility index (Phi) is 3.18. The highest BCUT2D eigenvalue weighted by atomic mass is 32.2. The van der Waals surface area contributed by atoms with Crippen LogP contribution < -0.4 is 4.72 Å². The maximum Gasteiger partial charge on any atom is 0.250 e. The number of nitrogens with one attached hydrogen (secondary N) is 1. The number of sulfonamides is 1. The quantitative estimate of drug-likeness (QED) is 0.807. The van der Waals surface area contributed by atoms with E-state index in [-0.39, 0.29) is 16.5 Å². The van der Waals surface area contributed by atoms with Gasteiger partial charge in [-0.15, -0.1) is 11.3 Å². The van der Waals surface area contributed by atoms with Crippen LogP contribution in [-0.2, 0) is 14.8 Å². The molecule has 0 unspecified atom stereocenters. The third-order valence-corrected chi connectivity index (χ3v) is 4.07. The van der Waals surface area contributed by atoms with E-state index in [0.717, 1.165) is 11.3 Å². The molecule has 4 nitrogen and oxygen atoms in total. The number of ketones is 1. The van der Waals surface area contributed by atoms with Crippen molar-refractivity contribution < 1.29 is 13.2 Å². The molecule has 0 saturated heterocycles. The monoisotopic (exact) mass is 219 g/mol. The summed E-state index contributed by atoms with van der Waals surface area (Å²) in [6.45, 7) is 1.18. The number of thiophene rings is 1. The molecule has 0 spiro atoms. The summed E-state index contributed by atoms with van der Waals surface area (Å²) in [7, 11) is -3.46. The summed E-state index contributed by atoms with van der Waals surface area (Å²) in [4.78, 5) is 10.5. The second kappa shape index (κ2) is 3.99. The lowest BCUT2D eigenvalue weighted by molar-refractivity contribution is -0.115. The van der Waals surface area contributed by atoms with Crippen LogP contribution in [0.25, 0.3) is 0 Å². The Hall–Kier alpha value is -0.720. The number of carbonyl (C=O) groups excluding carboxylic acids is 1. The molecule has 0 bridgehead atoms. The Balaban J connectivity index is 2.74. The van der Waals surface area contributed by atoms with E-state index in [1.54, 1.807) is 11.4 Å². The summed E-state index contributed by atoms with van der Waals surface area (Å²) in [5, 5.41) is 1.67. The van der Waals surface area contributed by atoms with Gasteiger partial charge in [0.1, 0.15) is 9.99 Å². The molecular weight excluding hydrogens is 210 g/mol. The van der Waals surface area contributed by atoms with E-state index in [4.69, 9.17) is 0 Å². The Bertz CT molecular complexity index is 380. The molecule has 0 fully saturated rings. The number of hydrogen-bond acceptors (Lipinski definition) is 4. The van der Waals surface area contributed by atoms with Crippen molar-refractivity contribution in [3.8, 4) is 0 Å². The van der Waals surface area contributed by atoms with Crippen LogP contribution in [0.5, 0.6) is 0 Å². The fourth-order valence-electron chi connectivity index (χ4n) is 0.684. The normalized spacial score (nSPS) is 11.5. The second-order valence-corrected chi connectivity index (χ2v) is 5.40. The number of rotatable bonds is 4. The third kappa shape index (κ3) is 2.91. The lowest BCUT2D eigenvalue weighted by Crippen LogP contribution is -2.27. The van der Waals surface area contributed by atoms with Crippen molar-refractivity contribution in [2.75, 3.05) is 6.54 Å². The van der Waals surface area contributed by atoms with Crippen molar-refractivity contribution in [3.63, 3.8) is 0 Å².